The first-order valence-corrected chi connectivity index (χ1v) is 7.64. The van der Waals surface area contributed by atoms with Crippen LogP contribution in [-0.4, -0.2) is 44.6 Å². The molecule has 0 amide bonds. The highest BCUT2D eigenvalue weighted by atomic mass is 32.2. The molecule has 0 radical (unpaired) electrons. The second-order valence-corrected chi connectivity index (χ2v) is 6.94. The van der Waals surface area contributed by atoms with Crippen LogP contribution in [0.3, 0.4) is 0 Å². The van der Waals surface area contributed by atoms with E-state index in [2.05, 4.69) is 0 Å². The molecule has 0 aromatic carbocycles. The van der Waals surface area contributed by atoms with Gasteiger partial charge < -0.3 is 9.84 Å². The molecule has 17 heavy (non-hydrogen) atoms. The van der Waals surface area contributed by atoms with Gasteiger partial charge in [0.05, 0.1) is 6.10 Å². The van der Waals surface area contributed by atoms with E-state index in [1.165, 1.54) is 4.31 Å². The highest BCUT2D eigenvalue weighted by Gasteiger charge is 2.36. The van der Waals surface area contributed by atoms with Gasteiger partial charge in [0.2, 0.25) is 0 Å². The van der Waals surface area contributed by atoms with Crippen molar-refractivity contribution in [2.45, 2.75) is 16.7 Å². The fourth-order valence-electron chi connectivity index (χ4n) is 1.87. The van der Waals surface area contributed by atoms with Crippen molar-refractivity contribution in [2.24, 2.45) is 0 Å². The number of aliphatic hydroxyl groups is 1. The number of thiophene rings is 1. The number of rotatable bonds is 4. The molecule has 1 atom stereocenters. The van der Waals surface area contributed by atoms with Crippen LogP contribution in [0, 0.1) is 0 Å². The molecule has 0 saturated carbocycles. The number of ether oxygens (including phenoxy) is 1. The van der Waals surface area contributed by atoms with E-state index in [0.29, 0.717) is 25.1 Å². The fourth-order valence-corrected chi connectivity index (χ4v) is 4.96. The van der Waals surface area contributed by atoms with Crippen LogP contribution in [0.1, 0.15) is 18.1 Å². The molecule has 1 unspecified atom stereocenters. The van der Waals surface area contributed by atoms with Gasteiger partial charge in [-0.2, -0.15) is 4.31 Å². The number of fused-ring (bicyclic) bond motifs is 1. The lowest BCUT2D eigenvalue weighted by Gasteiger charge is -2.29. The van der Waals surface area contributed by atoms with Crippen LogP contribution in [0.2, 0.25) is 0 Å². The molecule has 0 spiro atoms. The van der Waals surface area contributed by atoms with Gasteiger partial charge in [0.25, 0.3) is 10.0 Å². The van der Waals surface area contributed by atoms with Crippen molar-refractivity contribution in [1.29, 1.82) is 0 Å². The first-order valence-electron chi connectivity index (χ1n) is 5.32. The predicted molar refractivity (Wildman–Crippen MR) is 64.5 cm³/mol. The summed E-state index contributed by atoms with van der Waals surface area (Å²) in [5.74, 6) is 0. The molecule has 2 heterocycles. The van der Waals surface area contributed by atoms with Crippen molar-refractivity contribution in [3.8, 4) is 0 Å². The maximum Gasteiger partial charge on any atom is 0.253 e. The fraction of sp³-hybridized carbons (Fsp3) is 0.600. The standard InChI is InChI=1S/C10H15NO4S2/c1-15-5-2-4-11-7-9(12)8-3-6-16-10(8)17(11,13)14/h3,6,9,12H,2,4-5,7H2,1H3. The van der Waals surface area contributed by atoms with Crippen LogP contribution in [-0.2, 0) is 14.8 Å². The highest BCUT2D eigenvalue weighted by Crippen LogP contribution is 2.35. The summed E-state index contributed by atoms with van der Waals surface area (Å²) in [4.78, 5) is 0. The number of nitrogens with zero attached hydrogens (tertiary/aromatic N) is 1. The number of hydrogen-bond acceptors (Lipinski definition) is 5. The molecular formula is C10H15NO4S2. The van der Waals surface area contributed by atoms with E-state index in [-0.39, 0.29) is 10.8 Å². The molecular weight excluding hydrogens is 262 g/mol. The topological polar surface area (TPSA) is 66.8 Å². The maximum atomic E-state index is 12.2. The Morgan fingerprint density at radius 3 is 3.12 bits per heavy atom. The summed E-state index contributed by atoms with van der Waals surface area (Å²) in [7, 11) is -1.84. The Bertz CT molecular complexity index is 482. The zero-order valence-electron chi connectivity index (χ0n) is 9.50. The van der Waals surface area contributed by atoms with E-state index in [9.17, 15) is 13.5 Å². The van der Waals surface area contributed by atoms with Gasteiger partial charge in [-0.05, 0) is 17.9 Å². The second kappa shape index (κ2) is 5.03. The Morgan fingerprint density at radius 1 is 1.65 bits per heavy atom. The minimum Gasteiger partial charge on any atom is -0.387 e. The summed E-state index contributed by atoms with van der Waals surface area (Å²) in [6, 6.07) is 1.68. The summed E-state index contributed by atoms with van der Waals surface area (Å²) >= 11 is 1.16. The van der Waals surface area contributed by atoms with Crippen LogP contribution in [0.25, 0.3) is 0 Å². The quantitative estimate of drug-likeness (QED) is 0.828. The SMILES string of the molecule is COCCCN1CC(O)c2ccsc2S1(=O)=O. The van der Waals surface area contributed by atoms with Crippen LogP contribution in [0.4, 0.5) is 0 Å². The van der Waals surface area contributed by atoms with Gasteiger partial charge in [0.15, 0.2) is 0 Å². The normalized spacial score (nSPS) is 23.5. The summed E-state index contributed by atoms with van der Waals surface area (Å²) in [5.41, 5.74) is 0.526. The van der Waals surface area contributed by atoms with Gasteiger partial charge in [-0.15, -0.1) is 11.3 Å². The highest BCUT2D eigenvalue weighted by molar-refractivity contribution is 7.91. The number of sulfonamides is 1. The van der Waals surface area contributed by atoms with E-state index < -0.39 is 16.1 Å². The molecule has 1 aromatic rings. The van der Waals surface area contributed by atoms with Crippen molar-refractivity contribution >= 4 is 21.4 Å². The number of β-amino-alcohol motifs (C(OH)–C–C–N with tert-alkyl or cyclic N) is 1. The van der Waals surface area contributed by atoms with Gasteiger partial charge in [0.1, 0.15) is 4.21 Å². The van der Waals surface area contributed by atoms with E-state index >= 15 is 0 Å². The molecule has 1 N–H and O–H groups in total. The van der Waals surface area contributed by atoms with E-state index in [0.717, 1.165) is 11.3 Å². The van der Waals surface area contributed by atoms with Gasteiger partial charge in [-0.25, -0.2) is 8.42 Å². The van der Waals surface area contributed by atoms with E-state index in [4.69, 9.17) is 4.74 Å². The predicted octanol–water partition coefficient (Wildman–Crippen LogP) is 0.822. The largest absolute Gasteiger partial charge is 0.387 e. The maximum absolute atomic E-state index is 12.2. The molecule has 0 fully saturated rings. The molecule has 96 valence electrons. The third kappa shape index (κ3) is 2.38. The zero-order chi connectivity index (χ0) is 12.5. The first kappa shape index (κ1) is 13.0. The Morgan fingerprint density at radius 2 is 2.41 bits per heavy atom. The number of aliphatic hydroxyl groups excluding tert-OH is 1. The van der Waals surface area contributed by atoms with E-state index in [1.807, 2.05) is 0 Å². The van der Waals surface area contributed by atoms with Crippen LogP contribution < -0.4 is 0 Å². The molecule has 2 rings (SSSR count). The lowest BCUT2D eigenvalue weighted by Crippen LogP contribution is -2.39. The smallest absolute Gasteiger partial charge is 0.253 e. The summed E-state index contributed by atoms with van der Waals surface area (Å²) in [6.45, 7) is 1.03. The zero-order valence-corrected chi connectivity index (χ0v) is 11.1. The van der Waals surface area contributed by atoms with Crippen molar-refractivity contribution < 1.29 is 18.3 Å². The second-order valence-electron chi connectivity index (χ2n) is 3.89. The Balaban J connectivity index is 2.22. The van der Waals surface area contributed by atoms with Crippen LogP contribution >= 0.6 is 11.3 Å². The molecule has 1 aromatic heterocycles. The molecule has 0 aliphatic carbocycles. The molecule has 0 saturated heterocycles. The minimum atomic E-state index is -3.42. The van der Waals surface area contributed by atoms with Gasteiger partial charge in [-0.1, -0.05) is 0 Å². The molecule has 1 aliphatic rings. The molecule has 0 bridgehead atoms. The Kier molecular flexibility index (Phi) is 3.84. The van der Waals surface area contributed by atoms with Crippen molar-refractivity contribution in [3.63, 3.8) is 0 Å². The Labute approximate surface area is 105 Å². The van der Waals surface area contributed by atoms with Gasteiger partial charge in [0, 0.05) is 32.4 Å². The summed E-state index contributed by atoms with van der Waals surface area (Å²) < 4.78 is 30.9. The molecule has 1 aliphatic heterocycles. The monoisotopic (exact) mass is 277 g/mol. The number of methoxy groups -OCH3 is 1. The minimum absolute atomic E-state index is 0.135. The van der Waals surface area contributed by atoms with Crippen LogP contribution in [0.15, 0.2) is 15.7 Å². The van der Waals surface area contributed by atoms with Crippen molar-refractivity contribution in [2.75, 3.05) is 26.8 Å². The molecule has 7 heteroatoms. The van der Waals surface area contributed by atoms with Crippen LogP contribution in [0.5, 0.6) is 0 Å². The number of hydrogen-bond donors (Lipinski definition) is 1. The van der Waals surface area contributed by atoms with Gasteiger partial charge in [-0.3, -0.25) is 0 Å². The Hall–Kier alpha value is -0.470. The first-order chi connectivity index (χ1) is 8.07. The van der Waals surface area contributed by atoms with Crippen molar-refractivity contribution in [3.05, 3.63) is 17.0 Å². The summed E-state index contributed by atoms with van der Waals surface area (Å²) in [5, 5.41) is 11.6. The third-order valence-corrected chi connectivity index (χ3v) is 6.08. The third-order valence-electron chi connectivity index (χ3n) is 2.72. The van der Waals surface area contributed by atoms with Crippen molar-refractivity contribution in [1.82, 2.24) is 4.31 Å². The van der Waals surface area contributed by atoms with E-state index in [1.54, 1.807) is 18.6 Å². The lowest BCUT2D eigenvalue weighted by atomic mass is 10.2. The average Bonchev–Trinajstić information content (AvgIpc) is 2.76. The average molecular weight is 277 g/mol. The van der Waals surface area contributed by atoms with Gasteiger partial charge >= 0.3 is 0 Å². The lowest BCUT2D eigenvalue weighted by molar-refractivity contribution is 0.131. The summed E-state index contributed by atoms with van der Waals surface area (Å²) in [6.07, 6.45) is -0.0919. The molecule has 5 nitrogen and oxygen atoms in total.